The minimum absolute atomic E-state index is 0.180. The van der Waals surface area contributed by atoms with E-state index in [4.69, 9.17) is 0 Å². The molecule has 0 aliphatic carbocycles. The van der Waals surface area contributed by atoms with Gasteiger partial charge in [-0.3, -0.25) is 0 Å². The summed E-state index contributed by atoms with van der Waals surface area (Å²) in [5.74, 6) is 0. The summed E-state index contributed by atoms with van der Waals surface area (Å²) in [7, 11) is 6.26. The van der Waals surface area contributed by atoms with Gasteiger partial charge < -0.3 is 20.2 Å². The lowest BCUT2D eigenvalue weighted by Gasteiger charge is -2.33. The van der Waals surface area contributed by atoms with Crippen molar-refractivity contribution in [2.75, 3.05) is 53.9 Å². The van der Waals surface area contributed by atoms with Crippen LogP contribution in [-0.2, 0) is 0 Å². The third-order valence-electron chi connectivity index (χ3n) is 2.70. The summed E-state index contributed by atoms with van der Waals surface area (Å²) in [4.78, 5) is 4.44. The Kier molecular flexibility index (Phi) is 7.93. The Morgan fingerprint density at radius 1 is 1.19 bits per heavy atom. The first-order valence-electron chi connectivity index (χ1n) is 6.12. The summed E-state index contributed by atoms with van der Waals surface area (Å²) in [6.07, 6.45) is 1.09. The first-order chi connectivity index (χ1) is 7.43. The maximum atomic E-state index is 9.44. The van der Waals surface area contributed by atoms with E-state index in [1.54, 1.807) is 0 Å². The van der Waals surface area contributed by atoms with E-state index in [0.717, 1.165) is 32.6 Å². The number of aliphatic hydroxyl groups excluding tert-OH is 1. The second-order valence-electron chi connectivity index (χ2n) is 5.19. The second kappa shape index (κ2) is 8.01. The third kappa shape index (κ3) is 7.17. The molecule has 0 saturated heterocycles. The van der Waals surface area contributed by atoms with Gasteiger partial charge in [-0.05, 0) is 41.0 Å². The van der Waals surface area contributed by atoms with E-state index in [1.807, 2.05) is 0 Å². The van der Waals surface area contributed by atoms with Gasteiger partial charge in [-0.15, -0.1) is 0 Å². The summed E-state index contributed by atoms with van der Waals surface area (Å²) in [6, 6.07) is 0. The molecule has 0 aliphatic heterocycles. The zero-order valence-corrected chi connectivity index (χ0v) is 11.6. The predicted octanol–water partition coefficient (Wildman–Crippen LogP) is 0.230. The van der Waals surface area contributed by atoms with E-state index in [2.05, 4.69) is 50.1 Å². The van der Waals surface area contributed by atoms with E-state index < -0.39 is 0 Å². The topological polar surface area (TPSA) is 38.7 Å². The fraction of sp³-hybridized carbons (Fsp3) is 1.00. The number of nitrogens with one attached hydrogen (secondary N) is 1. The molecule has 0 bridgehead atoms. The molecule has 0 heterocycles. The number of hydrogen-bond acceptors (Lipinski definition) is 4. The average Bonchev–Trinajstić information content (AvgIpc) is 2.23. The van der Waals surface area contributed by atoms with Gasteiger partial charge in [-0.1, -0.05) is 6.92 Å². The molecule has 98 valence electrons. The minimum atomic E-state index is -0.183. The lowest BCUT2D eigenvalue weighted by atomic mass is 10.0. The predicted molar refractivity (Wildman–Crippen MR) is 69.8 cm³/mol. The average molecular weight is 231 g/mol. The Labute approximate surface area is 101 Å². The monoisotopic (exact) mass is 231 g/mol. The van der Waals surface area contributed by atoms with Gasteiger partial charge in [0.1, 0.15) is 0 Å². The van der Waals surface area contributed by atoms with Crippen LogP contribution < -0.4 is 5.32 Å². The Morgan fingerprint density at radius 2 is 1.81 bits per heavy atom. The summed E-state index contributed by atoms with van der Waals surface area (Å²) >= 11 is 0. The van der Waals surface area contributed by atoms with Crippen molar-refractivity contribution in [3.8, 4) is 0 Å². The highest BCUT2D eigenvalue weighted by molar-refractivity contribution is 4.85. The van der Waals surface area contributed by atoms with Gasteiger partial charge in [-0.2, -0.15) is 0 Å². The molecule has 0 saturated carbocycles. The molecule has 0 aliphatic rings. The fourth-order valence-electron chi connectivity index (χ4n) is 1.63. The lowest BCUT2D eigenvalue weighted by Crippen LogP contribution is -2.54. The normalized spacial score (nSPS) is 15.8. The third-order valence-corrected chi connectivity index (χ3v) is 2.70. The van der Waals surface area contributed by atoms with Crippen LogP contribution in [0.1, 0.15) is 20.3 Å². The van der Waals surface area contributed by atoms with Crippen LogP contribution in [0.25, 0.3) is 0 Å². The van der Waals surface area contributed by atoms with Crippen LogP contribution in [0.4, 0.5) is 0 Å². The Balaban J connectivity index is 3.98. The summed E-state index contributed by atoms with van der Waals surface area (Å²) in [5.41, 5.74) is -0.183. The smallest absolute Gasteiger partial charge is 0.0623 e. The highest BCUT2D eigenvalue weighted by Crippen LogP contribution is 2.05. The fourth-order valence-corrected chi connectivity index (χ4v) is 1.63. The first-order valence-corrected chi connectivity index (χ1v) is 6.12. The van der Waals surface area contributed by atoms with Gasteiger partial charge in [0.15, 0.2) is 0 Å². The van der Waals surface area contributed by atoms with Crippen molar-refractivity contribution >= 4 is 0 Å². The van der Waals surface area contributed by atoms with E-state index >= 15 is 0 Å². The van der Waals surface area contributed by atoms with Crippen molar-refractivity contribution < 1.29 is 5.11 Å². The van der Waals surface area contributed by atoms with E-state index in [0.29, 0.717) is 0 Å². The molecule has 2 N–H and O–H groups in total. The number of rotatable bonds is 9. The van der Waals surface area contributed by atoms with Gasteiger partial charge in [0, 0.05) is 19.6 Å². The molecule has 16 heavy (non-hydrogen) atoms. The zero-order chi connectivity index (χ0) is 12.6. The van der Waals surface area contributed by atoms with Crippen LogP contribution in [-0.4, -0.2) is 74.4 Å². The highest BCUT2D eigenvalue weighted by atomic mass is 16.3. The molecule has 0 rings (SSSR count). The molecular weight excluding hydrogens is 202 g/mol. The van der Waals surface area contributed by atoms with Crippen LogP contribution in [0.3, 0.4) is 0 Å². The van der Waals surface area contributed by atoms with E-state index in [9.17, 15) is 5.11 Å². The summed E-state index contributed by atoms with van der Waals surface area (Å²) in [6.45, 7) is 8.30. The maximum Gasteiger partial charge on any atom is 0.0623 e. The van der Waals surface area contributed by atoms with Gasteiger partial charge in [-0.25, -0.2) is 0 Å². The number of hydrogen-bond donors (Lipinski definition) is 2. The number of aliphatic hydroxyl groups is 1. The quantitative estimate of drug-likeness (QED) is 0.596. The van der Waals surface area contributed by atoms with E-state index in [-0.39, 0.29) is 12.1 Å². The molecule has 4 nitrogen and oxygen atoms in total. The number of likely N-dealkylation sites (N-methyl/N-ethyl adjacent to an activating group) is 2. The first kappa shape index (κ1) is 15.8. The van der Waals surface area contributed by atoms with Gasteiger partial charge in [0.25, 0.3) is 0 Å². The van der Waals surface area contributed by atoms with Crippen LogP contribution in [0.2, 0.25) is 0 Å². The SMILES string of the molecule is CCCNC(C)(CO)CN(C)CCN(C)C. The van der Waals surface area contributed by atoms with Gasteiger partial charge in [0.05, 0.1) is 12.1 Å². The highest BCUT2D eigenvalue weighted by Gasteiger charge is 2.23. The largest absolute Gasteiger partial charge is 0.394 e. The van der Waals surface area contributed by atoms with Crippen molar-refractivity contribution in [2.45, 2.75) is 25.8 Å². The molecule has 0 aromatic carbocycles. The van der Waals surface area contributed by atoms with Crippen molar-refractivity contribution in [1.29, 1.82) is 0 Å². The molecule has 0 radical (unpaired) electrons. The minimum Gasteiger partial charge on any atom is -0.394 e. The second-order valence-corrected chi connectivity index (χ2v) is 5.19. The molecule has 4 heteroatoms. The summed E-state index contributed by atoms with van der Waals surface area (Å²) in [5, 5.41) is 12.8. The molecule has 0 aromatic rings. The Morgan fingerprint density at radius 3 is 2.25 bits per heavy atom. The van der Waals surface area contributed by atoms with Crippen LogP contribution in [0, 0.1) is 0 Å². The summed E-state index contributed by atoms with van der Waals surface area (Å²) < 4.78 is 0. The Bertz CT molecular complexity index is 176. The van der Waals surface area contributed by atoms with Crippen molar-refractivity contribution in [3.63, 3.8) is 0 Å². The number of nitrogens with zero attached hydrogens (tertiary/aromatic N) is 2. The Hall–Kier alpha value is -0.160. The van der Waals surface area contributed by atoms with Crippen LogP contribution >= 0.6 is 0 Å². The maximum absolute atomic E-state index is 9.44. The van der Waals surface area contributed by atoms with E-state index in [1.165, 1.54) is 0 Å². The molecule has 0 spiro atoms. The van der Waals surface area contributed by atoms with Gasteiger partial charge >= 0.3 is 0 Å². The van der Waals surface area contributed by atoms with Crippen LogP contribution in [0.15, 0.2) is 0 Å². The molecule has 1 atom stereocenters. The molecule has 0 fully saturated rings. The standard InChI is InChI=1S/C12H29N3O/c1-6-7-13-12(2,11-16)10-15(5)9-8-14(3)4/h13,16H,6-11H2,1-5H3. The lowest BCUT2D eigenvalue weighted by molar-refractivity contribution is 0.129. The van der Waals surface area contributed by atoms with Crippen molar-refractivity contribution in [3.05, 3.63) is 0 Å². The molecule has 1 unspecified atom stereocenters. The zero-order valence-electron chi connectivity index (χ0n) is 11.6. The van der Waals surface area contributed by atoms with Crippen molar-refractivity contribution in [1.82, 2.24) is 15.1 Å². The van der Waals surface area contributed by atoms with Crippen LogP contribution in [0.5, 0.6) is 0 Å². The van der Waals surface area contributed by atoms with Gasteiger partial charge in [0.2, 0.25) is 0 Å². The molecule has 0 amide bonds. The molecule has 0 aromatic heterocycles. The van der Waals surface area contributed by atoms with Crippen molar-refractivity contribution in [2.24, 2.45) is 0 Å². The molecular formula is C12H29N3O.